The first-order valence-electron chi connectivity index (χ1n) is 7.46. The highest BCUT2D eigenvalue weighted by Crippen LogP contribution is 2.47. The van der Waals surface area contributed by atoms with Gasteiger partial charge in [0, 0.05) is 11.5 Å². The average molecular weight is 295 g/mol. The van der Waals surface area contributed by atoms with Crippen molar-refractivity contribution >= 4 is 5.91 Å². The molecule has 1 aromatic carbocycles. The third kappa shape index (κ3) is 2.93. The van der Waals surface area contributed by atoms with Gasteiger partial charge in [-0.25, -0.2) is 8.78 Å². The molecular formula is C16H19F2NO2. The molecule has 2 N–H and O–H groups in total. The SMILES string of the molecule is O=C(NC1(c2cc(F)ccc2F)CC1)[C@H]1CCC[C@H](O)C1. The number of amides is 1. The Balaban J connectivity index is 1.74. The molecule has 0 aromatic heterocycles. The Morgan fingerprint density at radius 3 is 2.71 bits per heavy atom. The molecule has 3 rings (SSSR count). The molecule has 0 spiro atoms. The Labute approximate surface area is 122 Å². The number of carbonyl (C=O) groups is 1. The molecule has 0 bridgehead atoms. The lowest BCUT2D eigenvalue weighted by Crippen LogP contribution is -2.41. The van der Waals surface area contributed by atoms with Gasteiger partial charge in [0.1, 0.15) is 11.6 Å². The van der Waals surface area contributed by atoms with Crippen LogP contribution in [-0.2, 0) is 10.3 Å². The normalized spacial score (nSPS) is 27.2. The van der Waals surface area contributed by atoms with Gasteiger partial charge >= 0.3 is 0 Å². The molecule has 0 aliphatic heterocycles. The first-order valence-corrected chi connectivity index (χ1v) is 7.46. The third-order valence-electron chi connectivity index (χ3n) is 4.57. The fourth-order valence-corrected chi connectivity index (χ4v) is 3.19. The van der Waals surface area contributed by atoms with Crippen LogP contribution in [0.1, 0.15) is 44.1 Å². The molecule has 0 saturated heterocycles. The van der Waals surface area contributed by atoms with E-state index in [4.69, 9.17) is 0 Å². The van der Waals surface area contributed by atoms with E-state index in [2.05, 4.69) is 5.32 Å². The van der Waals surface area contributed by atoms with Gasteiger partial charge in [0.25, 0.3) is 0 Å². The van der Waals surface area contributed by atoms with Crippen LogP contribution >= 0.6 is 0 Å². The van der Waals surface area contributed by atoms with Crippen molar-refractivity contribution in [2.24, 2.45) is 5.92 Å². The van der Waals surface area contributed by atoms with Gasteiger partial charge in [0.05, 0.1) is 11.6 Å². The molecular weight excluding hydrogens is 276 g/mol. The summed E-state index contributed by atoms with van der Waals surface area (Å²) in [5.74, 6) is -1.38. The minimum absolute atomic E-state index is 0.157. The van der Waals surface area contributed by atoms with Crippen LogP contribution in [0.3, 0.4) is 0 Å². The van der Waals surface area contributed by atoms with E-state index in [0.717, 1.165) is 31.4 Å². The molecule has 0 radical (unpaired) electrons. The van der Waals surface area contributed by atoms with E-state index in [1.54, 1.807) is 0 Å². The zero-order chi connectivity index (χ0) is 15.0. The fourth-order valence-electron chi connectivity index (χ4n) is 3.19. The largest absolute Gasteiger partial charge is 0.393 e. The van der Waals surface area contributed by atoms with Gasteiger partial charge in [-0.05, 0) is 50.3 Å². The number of hydrogen-bond acceptors (Lipinski definition) is 2. The van der Waals surface area contributed by atoms with Crippen LogP contribution in [0, 0.1) is 17.6 Å². The third-order valence-corrected chi connectivity index (χ3v) is 4.57. The van der Waals surface area contributed by atoms with E-state index in [0.29, 0.717) is 19.3 Å². The quantitative estimate of drug-likeness (QED) is 0.900. The van der Waals surface area contributed by atoms with Crippen molar-refractivity contribution in [1.82, 2.24) is 5.32 Å². The molecule has 0 heterocycles. The van der Waals surface area contributed by atoms with E-state index in [1.165, 1.54) is 6.07 Å². The second-order valence-corrected chi connectivity index (χ2v) is 6.21. The minimum Gasteiger partial charge on any atom is -0.393 e. The summed E-state index contributed by atoms with van der Waals surface area (Å²) in [5, 5.41) is 12.5. The standard InChI is InChI=1S/C16H19F2NO2/c17-11-4-5-14(18)13(9-11)16(6-7-16)19-15(21)10-2-1-3-12(20)8-10/h4-5,9-10,12,20H,1-3,6-8H2,(H,19,21)/t10-,12-/m0/s1. The predicted molar refractivity (Wildman–Crippen MR) is 73.4 cm³/mol. The molecule has 1 amide bonds. The monoisotopic (exact) mass is 295 g/mol. The summed E-state index contributed by atoms with van der Waals surface area (Å²) in [6, 6.07) is 3.34. The van der Waals surface area contributed by atoms with Crippen molar-refractivity contribution in [2.45, 2.75) is 50.2 Å². The van der Waals surface area contributed by atoms with E-state index >= 15 is 0 Å². The zero-order valence-electron chi connectivity index (χ0n) is 11.7. The van der Waals surface area contributed by atoms with Gasteiger partial charge in [-0.15, -0.1) is 0 Å². The summed E-state index contributed by atoms with van der Waals surface area (Å²) in [7, 11) is 0. The Kier molecular flexibility index (Phi) is 3.69. The predicted octanol–water partition coefficient (Wildman–Crippen LogP) is 2.62. The first kappa shape index (κ1) is 14.4. The van der Waals surface area contributed by atoms with Crippen molar-refractivity contribution in [3.8, 4) is 0 Å². The van der Waals surface area contributed by atoms with Crippen molar-refractivity contribution in [3.05, 3.63) is 35.4 Å². The van der Waals surface area contributed by atoms with Crippen molar-refractivity contribution in [3.63, 3.8) is 0 Å². The van der Waals surface area contributed by atoms with E-state index in [-0.39, 0.29) is 17.4 Å². The van der Waals surface area contributed by atoms with Crippen molar-refractivity contribution in [2.75, 3.05) is 0 Å². The number of aliphatic hydroxyl groups is 1. The summed E-state index contributed by atoms with van der Waals surface area (Å²) in [6.07, 6.45) is 3.55. The fraction of sp³-hybridized carbons (Fsp3) is 0.562. The number of carbonyl (C=O) groups excluding carboxylic acids is 1. The highest BCUT2D eigenvalue weighted by atomic mass is 19.1. The summed E-state index contributed by atoms with van der Waals surface area (Å²) < 4.78 is 27.2. The van der Waals surface area contributed by atoms with Crippen LogP contribution in [0.15, 0.2) is 18.2 Å². The summed E-state index contributed by atoms with van der Waals surface area (Å²) in [4.78, 5) is 12.3. The Morgan fingerprint density at radius 1 is 1.29 bits per heavy atom. The van der Waals surface area contributed by atoms with Gasteiger partial charge in [0.15, 0.2) is 0 Å². The first-order chi connectivity index (χ1) is 10.00. The number of halogens is 2. The van der Waals surface area contributed by atoms with Gasteiger partial charge in [-0.3, -0.25) is 4.79 Å². The molecule has 2 atom stereocenters. The molecule has 2 aliphatic rings. The number of aliphatic hydroxyl groups excluding tert-OH is 1. The molecule has 2 saturated carbocycles. The van der Waals surface area contributed by atoms with Crippen LogP contribution in [0.4, 0.5) is 8.78 Å². The van der Waals surface area contributed by atoms with Crippen LogP contribution < -0.4 is 5.32 Å². The maximum atomic E-state index is 13.9. The lowest BCUT2D eigenvalue weighted by Gasteiger charge is -2.27. The molecule has 2 fully saturated rings. The molecule has 1 aromatic rings. The molecule has 114 valence electrons. The van der Waals surface area contributed by atoms with E-state index in [9.17, 15) is 18.7 Å². The lowest BCUT2D eigenvalue weighted by atomic mass is 9.86. The molecule has 2 aliphatic carbocycles. The topological polar surface area (TPSA) is 49.3 Å². The van der Waals surface area contributed by atoms with Crippen LogP contribution in [0.25, 0.3) is 0 Å². The average Bonchev–Trinajstić information content (AvgIpc) is 3.22. The Hall–Kier alpha value is -1.49. The molecule has 21 heavy (non-hydrogen) atoms. The highest BCUT2D eigenvalue weighted by Gasteiger charge is 2.48. The Bertz CT molecular complexity index is 557. The second kappa shape index (κ2) is 5.37. The summed E-state index contributed by atoms with van der Waals surface area (Å²) >= 11 is 0. The van der Waals surface area contributed by atoms with Gasteiger partial charge < -0.3 is 10.4 Å². The summed E-state index contributed by atoms with van der Waals surface area (Å²) in [5.41, 5.74) is -0.529. The second-order valence-electron chi connectivity index (χ2n) is 6.21. The molecule has 0 unspecified atom stereocenters. The van der Waals surface area contributed by atoms with Crippen molar-refractivity contribution < 1.29 is 18.7 Å². The number of hydrogen-bond donors (Lipinski definition) is 2. The molecule has 5 heteroatoms. The van der Waals surface area contributed by atoms with Gasteiger partial charge in [-0.2, -0.15) is 0 Å². The number of nitrogens with one attached hydrogen (secondary N) is 1. The minimum atomic E-state index is -0.758. The number of rotatable bonds is 3. The summed E-state index contributed by atoms with van der Waals surface area (Å²) in [6.45, 7) is 0. The van der Waals surface area contributed by atoms with Gasteiger partial charge in [-0.1, -0.05) is 6.42 Å². The highest BCUT2D eigenvalue weighted by molar-refractivity contribution is 5.80. The lowest BCUT2D eigenvalue weighted by molar-refractivity contribution is -0.128. The number of benzene rings is 1. The smallest absolute Gasteiger partial charge is 0.223 e. The van der Waals surface area contributed by atoms with E-state index < -0.39 is 23.3 Å². The molecule has 3 nitrogen and oxygen atoms in total. The Morgan fingerprint density at radius 2 is 2.05 bits per heavy atom. The van der Waals surface area contributed by atoms with Gasteiger partial charge in [0.2, 0.25) is 5.91 Å². The van der Waals surface area contributed by atoms with Crippen LogP contribution in [-0.4, -0.2) is 17.1 Å². The maximum Gasteiger partial charge on any atom is 0.223 e. The van der Waals surface area contributed by atoms with Crippen LogP contribution in [0.2, 0.25) is 0 Å². The van der Waals surface area contributed by atoms with Crippen molar-refractivity contribution in [1.29, 1.82) is 0 Å². The zero-order valence-corrected chi connectivity index (χ0v) is 11.7. The maximum absolute atomic E-state index is 13.9. The van der Waals surface area contributed by atoms with E-state index in [1.807, 2.05) is 0 Å². The van der Waals surface area contributed by atoms with Crippen LogP contribution in [0.5, 0.6) is 0 Å².